The molecule has 1 amide bonds. The van der Waals surface area contributed by atoms with Crippen molar-refractivity contribution in [2.24, 2.45) is 0 Å². The summed E-state index contributed by atoms with van der Waals surface area (Å²) in [7, 11) is 0. The molecule has 0 aromatic heterocycles. The van der Waals surface area contributed by atoms with Crippen LogP contribution in [-0.4, -0.2) is 18.5 Å². The Morgan fingerprint density at radius 1 is 1.04 bits per heavy atom. The topological polar surface area (TPSA) is 55.4 Å². The van der Waals surface area contributed by atoms with Crippen molar-refractivity contribution in [2.75, 3.05) is 11.9 Å². The van der Waals surface area contributed by atoms with Crippen molar-refractivity contribution < 1.29 is 14.3 Å². The van der Waals surface area contributed by atoms with E-state index >= 15 is 0 Å². The van der Waals surface area contributed by atoms with Gasteiger partial charge in [-0.2, -0.15) is 0 Å². The Morgan fingerprint density at radius 3 is 2.43 bits per heavy atom. The maximum atomic E-state index is 12.0. The van der Waals surface area contributed by atoms with Gasteiger partial charge in [0, 0.05) is 0 Å². The molecule has 0 bridgehead atoms. The first-order valence-corrected chi connectivity index (χ1v) is 7.63. The first-order chi connectivity index (χ1) is 10.9. The third-order valence-electron chi connectivity index (χ3n) is 3.25. The summed E-state index contributed by atoms with van der Waals surface area (Å²) in [6, 6.07) is 10.4. The average Bonchev–Trinajstić information content (AvgIpc) is 2.53. The van der Waals surface area contributed by atoms with Gasteiger partial charge in [-0.05, 0) is 37.1 Å². The first-order valence-electron chi connectivity index (χ1n) is 6.87. The molecule has 0 radical (unpaired) electrons. The van der Waals surface area contributed by atoms with E-state index in [4.69, 9.17) is 27.9 Å². The van der Waals surface area contributed by atoms with Gasteiger partial charge in [-0.25, -0.2) is 4.79 Å². The molecule has 120 valence electrons. The number of nitrogens with one attached hydrogen (secondary N) is 1. The van der Waals surface area contributed by atoms with E-state index in [1.807, 2.05) is 6.07 Å². The molecule has 0 saturated carbocycles. The molecule has 23 heavy (non-hydrogen) atoms. The number of carbonyl (C=O) groups is 2. The van der Waals surface area contributed by atoms with Crippen LogP contribution < -0.4 is 5.32 Å². The smallest absolute Gasteiger partial charge is 0.338 e. The second-order valence-electron chi connectivity index (χ2n) is 4.99. The molecule has 4 nitrogen and oxygen atoms in total. The minimum absolute atomic E-state index is 0.310. The highest BCUT2D eigenvalue weighted by atomic mass is 35.5. The van der Waals surface area contributed by atoms with Crippen LogP contribution in [0.4, 0.5) is 5.69 Å². The lowest BCUT2D eigenvalue weighted by atomic mass is 10.1. The van der Waals surface area contributed by atoms with Crippen molar-refractivity contribution in [3.8, 4) is 0 Å². The molecule has 0 aliphatic carbocycles. The number of carbonyl (C=O) groups excluding carboxylic acids is 2. The Balaban J connectivity index is 2.00. The molecule has 0 atom stereocenters. The van der Waals surface area contributed by atoms with Crippen LogP contribution in [0.5, 0.6) is 0 Å². The number of ether oxygens (including phenoxy) is 1. The third kappa shape index (κ3) is 4.24. The number of anilines is 1. The van der Waals surface area contributed by atoms with Crippen molar-refractivity contribution in [3.63, 3.8) is 0 Å². The summed E-state index contributed by atoms with van der Waals surface area (Å²) < 4.78 is 5.02. The van der Waals surface area contributed by atoms with Crippen LogP contribution in [-0.2, 0) is 9.53 Å². The maximum Gasteiger partial charge on any atom is 0.338 e. The fourth-order valence-corrected chi connectivity index (χ4v) is 2.42. The molecular weight excluding hydrogens is 337 g/mol. The molecule has 0 fully saturated rings. The number of aryl methyl sites for hydroxylation is 2. The molecular formula is C17H15Cl2NO3. The fraction of sp³-hybridized carbons (Fsp3) is 0.176. The first kappa shape index (κ1) is 17.3. The Hall–Kier alpha value is -2.04. The lowest BCUT2D eigenvalue weighted by molar-refractivity contribution is -0.119. The van der Waals surface area contributed by atoms with E-state index in [9.17, 15) is 9.59 Å². The van der Waals surface area contributed by atoms with Crippen LogP contribution in [0.3, 0.4) is 0 Å². The molecule has 0 spiro atoms. The van der Waals surface area contributed by atoms with Gasteiger partial charge in [0.2, 0.25) is 0 Å². The number of amides is 1. The Bertz CT molecular complexity index is 759. The van der Waals surface area contributed by atoms with Gasteiger partial charge in [0.25, 0.3) is 5.91 Å². The molecule has 0 aliphatic heterocycles. The number of esters is 1. The minimum atomic E-state index is -0.556. The number of benzene rings is 2. The zero-order chi connectivity index (χ0) is 17.0. The monoisotopic (exact) mass is 351 g/mol. The number of hydrogen-bond donors (Lipinski definition) is 1. The van der Waals surface area contributed by atoms with Gasteiger partial charge in [0.05, 0.1) is 21.3 Å². The maximum absolute atomic E-state index is 12.0. The van der Waals surface area contributed by atoms with Crippen LogP contribution >= 0.6 is 23.2 Å². The van der Waals surface area contributed by atoms with E-state index in [1.54, 1.807) is 44.2 Å². The van der Waals surface area contributed by atoms with E-state index < -0.39 is 18.5 Å². The zero-order valence-corrected chi connectivity index (χ0v) is 14.2. The summed E-state index contributed by atoms with van der Waals surface area (Å²) in [5.41, 5.74) is 2.29. The predicted octanol–water partition coefficient (Wildman–Crippen LogP) is 4.41. The van der Waals surface area contributed by atoms with Crippen LogP contribution in [0.25, 0.3) is 0 Å². The standard InChI is InChI=1S/C17H15Cl2NO3/c1-10-5-3-4-6-12(10)17(22)23-9-14(21)20-16-13(18)8-7-11(2)15(16)19/h3-8H,9H2,1-2H3,(H,20,21). The number of hydrogen-bond acceptors (Lipinski definition) is 3. The van der Waals surface area contributed by atoms with Crippen molar-refractivity contribution in [1.82, 2.24) is 0 Å². The second-order valence-corrected chi connectivity index (χ2v) is 5.78. The van der Waals surface area contributed by atoms with Crippen LogP contribution in [0.2, 0.25) is 10.0 Å². The van der Waals surface area contributed by atoms with Gasteiger partial charge < -0.3 is 10.1 Å². The summed E-state index contributed by atoms with van der Waals surface area (Å²) in [5, 5.41) is 3.24. The summed E-state index contributed by atoms with van der Waals surface area (Å²) >= 11 is 12.1. The van der Waals surface area contributed by atoms with Crippen LogP contribution in [0.15, 0.2) is 36.4 Å². The van der Waals surface area contributed by atoms with Crippen molar-refractivity contribution in [3.05, 3.63) is 63.1 Å². The zero-order valence-electron chi connectivity index (χ0n) is 12.7. The minimum Gasteiger partial charge on any atom is -0.452 e. The van der Waals surface area contributed by atoms with E-state index in [1.165, 1.54) is 0 Å². The molecule has 0 unspecified atom stereocenters. The SMILES string of the molecule is Cc1ccccc1C(=O)OCC(=O)Nc1c(Cl)ccc(C)c1Cl. The second kappa shape index (κ2) is 7.49. The molecule has 1 N–H and O–H groups in total. The van der Waals surface area contributed by atoms with Gasteiger partial charge in [0.1, 0.15) is 0 Å². The molecule has 2 aromatic rings. The van der Waals surface area contributed by atoms with E-state index in [-0.39, 0.29) is 0 Å². The molecule has 2 aromatic carbocycles. The summed E-state index contributed by atoms with van der Waals surface area (Å²) in [5.74, 6) is -1.07. The van der Waals surface area contributed by atoms with Crippen LogP contribution in [0.1, 0.15) is 21.5 Å². The van der Waals surface area contributed by atoms with E-state index in [0.717, 1.165) is 11.1 Å². The Kier molecular flexibility index (Phi) is 5.64. The summed E-state index contributed by atoms with van der Waals surface area (Å²) in [4.78, 5) is 23.9. The normalized spacial score (nSPS) is 10.3. The van der Waals surface area contributed by atoms with Crippen LogP contribution in [0, 0.1) is 13.8 Å². The highest BCUT2D eigenvalue weighted by molar-refractivity contribution is 6.40. The predicted molar refractivity (Wildman–Crippen MR) is 91.3 cm³/mol. The lowest BCUT2D eigenvalue weighted by Crippen LogP contribution is -2.21. The molecule has 2 rings (SSSR count). The van der Waals surface area contributed by atoms with Gasteiger partial charge >= 0.3 is 5.97 Å². The number of halogens is 2. The highest BCUT2D eigenvalue weighted by Crippen LogP contribution is 2.32. The van der Waals surface area contributed by atoms with Gasteiger partial charge in [0.15, 0.2) is 6.61 Å². The summed E-state index contributed by atoms with van der Waals surface area (Å²) in [6.45, 7) is 3.17. The molecule has 0 saturated heterocycles. The molecule has 6 heteroatoms. The molecule has 0 heterocycles. The van der Waals surface area contributed by atoms with Crippen molar-refractivity contribution >= 4 is 40.8 Å². The van der Waals surface area contributed by atoms with Crippen molar-refractivity contribution in [2.45, 2.75) is 13.8 Å². The van der Waals surface area contributed by atoms with E-state index in [2.05, 4.69) is 5.32 Å². The molecule has 0 aliphatic rings. The third-order valence-corrected chi connectivity index (χ3v) is 4.05. The van der Waals surface area contributed by atoms with Crippen molar-refractivity contribution in [1.29, 1.82) is 0 Å². The van der Waals surface area contributed by atoms with E-state index in [0.29, 0.717) is 21.3 Å². The summed E-state index contributed by atoms with van der Waals surface area (Å²) in [6.07, 6.45) is 0. The quantitative estimate of drug-likeness (QED) is 0.830. The fourth-order valence-electron chi connectivity index (χ4n) is 1.96. The van der Waals surface area contributed by atoms with Gasteiger partial charge in [-0.1, -0.05) is 47.5 Å². The van der Waals surface area contributed by atoms with Gasteiger partial charge in [-0.15, -0.1) is 0 Å². The Morgan fingerprint density at radius 2 is 1.74 bits per heavy atom. The van der Waals surface area contributed by atoms with Gasteiger partial charge in [-0.3, -0.25) is 4.79 Å². The highest BCUT2D eigenvalue weighted by Gasteiger charge is 2.15. The Labute approximate surface area is 144 Å². The average molecular weight is 352 g/mol. The number of rotatable bonds is 4. The largest absolute Gasteiger partial charge is 0.452 e. The lowest BCUT2D eigenvalue weighted by Gasteiger charge is -2.11.